The summed E-state index contributed by atoms with van der Waals surface area (Å²) < 4.78 is 10.5. The Morgan fingerprint density at radius 1 is 0.812 bits per heavy atom. The van der Waals surface area contributed by atoms with Crippen molar-refractivity contribution < 1.29 is 13.9 Å². The maximum absolute atomic E-state index is 9.46. The standard InChI is InChI=1S/C12H27O3P/c1-11(2,3)7-9-14-16(13)15-10-8-12(4,5)6/h13H,7-10H2,1-6H3. The summed E-state index contributed by atoms with van der Waals surface area (Å²) in [5.74, 6) is 0. The first-order valence-electron chi connectivity index (χ1n) is 5.85. The average Bonchev–Trinajstić information content (AvgIpc) is 1.98. The van der Waals surface area contributed by atoms with Crippen LogP contribution in [0, 0.1) is 10.8 Å². The molecule has 0 saturated carbocycles. The molecule has 0 bridgehead atoms. The predicted octanol–water partition coefficient (Wildman–Crippen LogP) is 4.11. The van der Waals surface area contributed by atoms with E-state index in [4.69, 9.17) is 9.05 Å². The second-order valence-corrected chi connectivity index (χ2v) is 7.52. The quantitative estimate of drug-likeness (QED) is 0.721. The Hall–Kier alpha value is 0.310. The molecule has 98 valence electrons. The summed E-state index contributed by atoms with van der Waals surface area (Å²) in [5, 5.41) is 0. The lowest BCUT2D eigenvalue weighted by atomic mass is 9.93. The Labute approximate surface area is 102 Å². The van der Waals surface area contributed by atoms with Crippen molar-refractivity contribution in [2.75, 3.05) is 13.2 Å². The van der Waals surface area contributed by atoms with Gasteiger partial charge in [0.15, 0.2) is 0 Å². The third-order valence-corrected chi connectivity index (χ3v) is 2.91. The Balaban J connectivity index is 3.49. The molecular weight excluding hydrogens is 223 g/mol. The first kappa shape index (κ1) is 16.3. The molecule has 0 aliphatic carbocycles. The molecule has 3 nitrogen and oxygen atoms in total. The summed E-state index contributed by atoms with van der Waals surface area (Å²) >= 11 is 0. The molecule has 0 fully saturated rings. The van der Waals surface area contributed by atoms with Crippen LogP contribution in [0.2, 0.25) is 0 Å². The molecule has 0 unspecified atom stereocenters. The van der Waals surface area contributed by atoms with E-state index in [-0.39, 0.29) is 10.8 Å². The highest BCUT2D eigenvalue weighted by atomic mass is 31.2. The molecule has 0 aromatic rings. The summed E-state index contributed by atoms with van der Waals surface area (Å²) in [6.45, 7) is 14.0. The lowest BCUT2D eigenvalue weighted by molar-refractivity contribution is 0.163. The van der Waals surface area contributed by atoms with Gasteiger partial charge in [-0.05, 0) is 23.7 Å². The molecule has 0 aromatic heterocycles. The van der Waals surface area contributed by atoms with Gasteiger partial charge in [0, 0.05) is 0 Å². The van der Waals surface area contributed by atoms with Crippen LogP contribution in [0.15, 0.2) is 0 Å². The lowest BCUT2D eigenvalue weighted by Gasteiger charge is -2.20. The number of hydrogen-bond donors (Lipinski definition) is 1. The van der Waals surface area contributed by atoms with Crippen LogP contribution in [0.1, 0.15) is 54.4 Å². The van der Waals surface area contributed by atoms with E-state index in [1.165, 1.54) is 0 Å². The van der Waals surface area contributed by atoms with Crippen LogP contribution in [0.3, 0.4) is 0 Å². The van der Waals surface area contributed by atoms with Gasteiger partial charge in [-0.1, -0.05) is 41.5 Å². The molecular formula is C12H27O3P. The summed E-state index contributed by atoms with van der Waals surface area (Å²) in [6, 6.07) is 0. The van der Waals surface area contributed by atoms with Crippen LogP contribution in [-0.2, 0) is 9.05 Å². The minimum absolute atomic E-state index is 0.238. The molecule has 1 N–H and O–H groups in total. The predicted molar refractivity (Wildman–Crippen MR) is 69.2 cm³/mol. The normalized spacial score (nSPS) is 13.5. The fourth-order valence-corrected chi connectivity index (χ4v) is 1.47. The Kier molecular flexibility index (Phi) is 7.04. The van der Waals surface area contributed by atoms with Gasteiger partial charge < -0.3 is 13.9 Å². The molecule has 0 spiro atoms. The number of rotatable bonds is 6. The van der Waals surface area contributed by atoms with Crippen LogP contribution in [0.25, 0.3) is 0 Å². The van der Waals surface area contributed by atoms with Gasteiger partial charge in [-0.25, -0.2) is 0 Å². The zero-order valence-corrected chi connectivity index (χ0v) is 12.4. The highest BCUT2D eigenvalue weighted by Gasteiger charge is 2.15. The minimum Gasteiger partial charge on any atom is -0.328 e. The molecule has 16 heavy (non-hydrogen) atoms. The maximum atomic E-state index is 9.46. The monoisotopic (exact) mass is 250 g/mol. The first-order chi connectivity index (χ1) is 7.10. The SMILES string of the molecule is CC(C)(C)CCOP(O)OCCC(C)(C)C. The summed E-state index contributed by atoms with van der Waals surface area (Å²) in [5.41, 5.74) is 0.475. The highest BCUT2D eigenvalue weighted by Crippen LogP contribution is 2.35. The first-order valence-corrected chi connectivity index (χ1v) is 6.98. The smallest absolute Gasteiger partial charge is 0.328 e. The van der Waals surface area contributed by atoms with Crippen molar-refractivity contribution in [3.63, 3.8) is 0 Å². The Bertz CT molecular complexity index is 162. The third kappa shape index (κ3) is 12.4. The third-order valence-electron chi connectivity index (χ3n) is 2.11. The van der Waals surface area contributed by atoms with Gasteiger partial charge in [-0.2, -0.15) is 0 Å². The van der Waals surface area contributed by atoms with Crippen LogP contribution in [-0.4, -0.2) is 18.1 Å². The average molecular weight is 250 g/mol. The van der Waals surface area contributed by atoms with Crippen molar-refractivity contribution >= 4 is 8.60 Å². The summed E-state index contributed by atoms with van der Waals surface area (Å²) in [7, 11) is -1.69. The second kappa shape index (κ2) is 6.90. The zero-order valence-electron chi connectivity index (χ0n) is 11.5. The molecule has 0 aliphatic rings. The fraction of sp³-hybridized carbons (Fsp3) is 1.00. The minimum atomic E-state index is -1.69. The molecule has 0 heterocycles. The highest BCUT2D eigenvalue weighted by molar-refractivity contribution is 7.40. The Morgan fingerprint density at radius 3 is 1.38 bits per heavy atom. The molecule has 4 heteroatoms. The van der Waals surface area contributed by atoms with E-state index >= 15 is 0 Å². The summed E-state index contributed by atoms with van der Waals surface area (Å²) in [4.78, 5) is 9.46. The molecule has 0 rings (SSSR count). The second-order valence-electron chi connectivity index (χ2n) is 6.53. The van der Waals surface area contributed by atoms with Crippen molar-refractivity contribution in [2.24, 2.45) is 10.8 Å². The van der Waals surface area contributed by atoms with Gasteiger partial charge in [0.05, 0.1) is 13.2 Å². The number of hydrogen-bond acceptors (Lipinski definition) is 3. The summed E-state index contributed by atoms with van der Waals surface area (Å²) in [6.07, 6.45) is 1.85. The van der Waals surface area contributed by atoms with Crippen molar-refractivity contribution in [3.8, 4) is 0 Å². The van der Waals surface area contributed by atoms with Crippen molar-refractivity contribution in [3.05, 3.63) is 0 Å². The van der Waals surface area contributed by atoms with Crippen LogP contribution >= 0.6 is 8.60 Å². The van der Waals surface area contributed by atoms with Gasteiger partial charge in [0.2, 0.25) is 0 Å². The van der Waals surface area contributed by atoms with E-state index in [2.05, 4.69) is 41.5 Å². The lowest BCUT2D eigenvalue weighted by Crippen LogP contribution is -2.10. The molecule has 0 aromatic carbocycles. The van der Waals surface area contributed by atoms with E-state index in [1.807, 2.05) is 0 Å². The molecule has 0 radical (unpaired) electrons. The van der Waals surface area contributed by atoms with E-state index < -0.39 is 8.60 Å². The van der Waals surface area contributed by atoms with E-state index in [9.17, 15) is 4.89 Å². The maximum Gasteiger partial charge on any atom is 0.329 e. The van der Waals surface area contributed by atoms with Crippen LogP contribution < -0.4 is 0 Å². The van der Waals surface area contributed by atoms with E-state index in [1.54, 1.807) is 0 Å². The van der Waals surface area contributed by atoms with Gasteiger partial charge in [0.25, 0.3) is 0 Å². The van der Waals surface area contributed by atoms with Gasteiger partial charge in [-0.3, -0.25) is 0 Å². The van der Waals surface area contributed by atoms with Crippen molar-refractivity contribution in [1.82, 2.24) is 0 Å². The van der Waals surface area contributed by atoms with E-state index in [0.29, 0.717) is 13.2 Å². The fourth-order valence-electron chi connectivity index (χ4n) is 0.897. The van der Waals surface area contributed by atoms with Crippen LogP contribution in [0.5, 0.6) is 0 Å². The molecule has 0 amide bonds. The molecule has 0 aliphatic heterocycles. The van der Waals surface area contributed by atoms with Crippen LogP contribution in [0.4, 0.5) is 0 Å². The van der Waals surface area contributed by atoms with E-state index in [0.717, 1.165) is 12.8 Å². The van der Waals surface area contributed by atoms with Crippen molar-refractivity contribution in [1.29, 1.82) is 0 Å². The Morgan fingerprint density at radius 2 is 1.12 bits per heavy atom. The molecule has 0 atom stereocenters. The van der Waals surface area contributed by atoms with Gasteiger partial charge in [0.1, 0.15) is 0 Å². The van der Waals surface area contributed by atoms with Gasteiger partial charge >= 0.3 is 8.60 Å². The molecule has 0 saturated heterocycles. The topological polar surface area (TPSA) is 38.7 Å². The van der Waals surface area contributed by atoms with Crippen molar-refractivity contribution in [2.45, 2.75) is 54.4 Å². The van der Waals surface area contributed by atoms with Gasteiger partial charge in [-0.15, -0.1) is 0 Å². The largest absolute Gasteiger partial charge is 0.329 e. The zero-order chi connectivity index (χ0) is 12.8.